The summed E-state index contributed by atoms with van der Waals surface area (Å²) in [7, 11) is 0. The molecule has 0 atom stereocenters. The molecule has 2 heterocycles. The SMILES string of the molecule is Cc1cccc(NC(=O)c2oc3ccccc3c2NC(=O)c2nc(C)sc2-c2ccccc2)c1. The molecule has 0 aliphatic rings. The van der Waals surface area contributed by atoms with Crippen LogP contribution in [0.4, 0.5) is 11.4 Å². The molecule has 0 spiro atoms. The number of benzene rings is 3. The molecule has 2 N–H and O–H groups in total. The molecule has 7 heteroatoms. The lowest BCUT2D eigenvalue weighted by atomic mass is 10.1. The number of carbonyl (C=O) groups is 2. The summed E-state index contributed by atoms with van der Waals surface area (Å²) in [6.07, 6.45) is 0. The molecule has 0 fully saturated rings. The van der Waals surface area contributed by atoms with Crippen LogP contribution in [-0.2, 0) is 0 Å². The highest BCUT2D eigenvalue weighted by Crippen LogP contribution is 2.34. The van der Waals surface area contributed by atoms with Crippen molar-refractivity contribution in [3.05, 3.63) is 101 Å². The lowest BCUT2D eigenvalue weighted by Crippen LogP contribution is -2.18. The Balaban J connectivity index is 1.52. The van der Waals surface area contributed by atoms with Gasteiger partial charge in [0.1, 0.15) is 17.0 Å². The van der Waals surface area contributed by atoms with Crippen molar-refractivity contribution < 1.29 is 14.0 Å². The minimum atomic E-state index is -0.449. The summed E-state index contributed by atoms with van der Waals surface area (Å²) < 4.78 is 5.88. The highest BCUT2D eigenvalue weighted by atomic mass is 32.1. The average Bonchev–Trinajstić information content (AvgIpc) is 3.41. The van der Waals surface area contributed by atoms with Crippen LogP contribution in [0.15, 0.2) is 83.3 Å². The van der Waals surface area contributed by atoms with Gasteiger partial charge in [-0.3, -0.25) is 9.59 Å². The number of hydrogen-bond acceptors (Lipinski definition) is 5. The van der Waals surface area contributed by atoms with E-state index in [1.807, 2.05) is 80.6 Å². The summed E-state index contributed by atoms with van der Waals surface area (Å²) in [5.41, 5.74) is 3.70. The molecule has 0 radical (unpaired) electrons. The van der Waals surface area contributed by atoms with Crippen molar-refractivity contribution >= 4 is 45.5 Å². The number of anilines is 2. The summed E-state index contributed by atoms with van der Waals surface area (Å²) >= 11 is 1.45. The number of aromatic nitrogens is 1. The van der Waals surface area contributed by atoms with E-state index in [0.29, 0.717) is 28.0 Å². The second-order valence-corrected chi connectivity index (χ2v) is 9.06. The average molecular weight is 468 g/mol. The first kappa shape index (κ1) is 21.6. The van der Waals surface area contributed by atoms with Crippen LogP contribution in [0, 0.1) is 13.8 Å². The fourth-order valence-electron chi connectivity index (χ4n) is 3.78. The number of rotatable bonds is 5. The van der Waals surface area contributed by atoms with Gasteiger partial charge in [0.25, 0.3) is 11.8 Å². The molecule has 0 aliphatic carbocycles. The molecule has 2 aromatic heterocycles. The van der Waals surface area contributed by atoms with E-state index in [1.165, 1.54) is 11.3 Å². The van der Waals surface area contributed by atoms with Crippen LogP contribution in [0.25, 0.3) is 21.4 Å². The number of aryl methyl sites for hydroxylation is 2. The number of furan rings is 1. The Morgan fingerprint density at radius 3 is 2.41 bits per heavy atom. The molecule has 2 amide bonds. The van der Waals surface area contributed by atoms with Crippen LogP contribution in [0.5, 0.6) is 0 Å². The summed E-state index contributed by atoms with van der Waals surface area (Å²) in [5, 5.41) is 7.17. The first-order valence-electron chi connectivity index (χ1n) is 10.7. The van der Waals surface area contributed by atoms with E-state index >= 15 is 0 Å². The Labute approximate surface area is 200 Å². The predicted molar refractivity (Wildman–Crippen MR) is 136 cm³/mol. The number of nitrogens with one attached hydrogen (secondary N) is 2. The zero-order valence-electron chi connectivity index (χ0n) is 18.6. The van der Waals surface area contributed by atoms with Gasteiger partial charge in [0.15, 0.2) is 0 Å². The highest BCUT2D eigenvalue weighted by Gasteiger charge is 2.25. The molecule has 0 saturated carbocycles. The molecule has 6 nitrogen and oxygen atoms in total. The maximum Gasteiger partial charge on any atom is 0.293 e. The Kier molecular flexibility index (Phi) is 5.69. The van der Waals surface area contributed by atoms with Crippen molar-refractivity contribution in [2.24, 2.45) is 0 Å². The minimum Gasteiger partial charge on any atom is -0.449 e. The topological polar surface area (TPSA) is 84.2 Å². The van der Waals surface area contributed by atoms with Gasteiger partial charge in [0.05, 0.1) is 9.88 Å². The predicted octanol–water partition coefficient (Wildman–Crippen LogP) is 6.68. The Morgan fingerprint density at radius 2 is 1.62 bits per heavy atom. The minimum absolute atomic E-state index is 0.0317. The van der Waals surface area contributed by atoms with Gasteiger partial charge in [-0.05, 0) is 49.2 Å². The van der Waals surface area contributed by atoms with Crippen molar-refractivity contribution in [2.45, 2.75) is 13.8 Å². The number of hydrogen-bond donors (Lipinski definition) is 2. The number of thiazole rings is 1. The molecular formula is C27H21N3O3S. The molecular weight excluding hydrogens is 446 g/mol. The van der Waals surface area contributed by atoms with Gasteiger partial charge in [0.2, 0.25) is 5.76 Å². The van der Waals surface area contributed by atoms with Gasteiger partial charge in [0, 0.05) is 11.1 Å². The van der Waals surface area contributed by atoms with Crippen molar-refractivity contribution in [3.63, 3.8) is 0 Å². The third-order valence-corrected chi connectivity index (χ3v) is 6.32. The molecule has 168 valence electrons. The number of nitrogens with zero attached hydrogens (tertiary/aromatic N) is 1. The molecule has 0 unspecified atom stereocenters. The quantitative estimate of drug-likeness (QED) is 0.302. The number of carbonyl (C=O) groups excluding carboxylic acids is 2. The summed E-state index contributed by atoms with van der Waals surface area (Å²) in [5.74, 6) is -0.821. The third kappa shape index (κ3) is 4.21. The first-order valence-corrected chi connectivity index (χ1v) is 11.5. The Bertz CT molecular complexity index is 1520. The zero-order valence-corrected chi connectivity index (χ0v) is 19.4. The highest BCUT2D eigenvalue weighted by molar-refractivity contribution is 7.15. The van der Waals surface area contributed by atoms with E-state index in [2.05, 4.69) is 15.6 Å². The lowest BCUT2D eigenvalue weighted by molar-refractivity contribution is 0.0999. The maximum atomic E-state index is 13.4. The van der Waals surface area contributed by atoms with Gasteiger partial charge in [-0.15, -0.1) is 11.3 Å². The smallest absolute Gasteiger partial charge is 0.293 e. The van der Waals surface area contributed by atoms with Crippen LogP contribution in [0.2, 0.25) is 0 Å². The summed E-state index contributed by atoms with van der Waals surface area (Å²) in [4.78, 5) is 31.8. The van der Waals surface area contributed by atoms with E-state index in [-0.39, 0.29) is 5.76 Å². The zero-order chi connectivity index (χ0) is 23.7. The van der Waals surface area contributed by atoms with Crippen LogP contribution in [0.3, 0.4) is 0 Å². The monoisotopic (exact) mass is 467 g/mol. The van der Waals surface area contributed by atoms with E-state index in [9.17, 15) is 9.59 Å². The van der Waals surface area contributed by atoms with Gasteiger partial charge >= 0.3 is 0 Å². The summed E-state index contributed by atoms with van der Waals surface area (Å²) in [6.45, 7) is 3.81. The standard InChI is InChI=1S/C27H21N3O3S/c1-16-9-8-12-19(15-16)29-27(32)24-22(20-13-6-7-14-21(20)33-24)30-26(31)23-25(34-17(2)28-23)18-10-4-3-5-11-18/h3-15H,1-2H3,(H,29,32)(H,30,31). The third-order valence-electron chi connectivity index (χ3n) is 5.30. The van der Waals surface area contributed by atoms with Crippen LogP contribution in [-0.4, -0.2) is 16.8 Å². The van der Waals surface area contributed by atoms with E-state index in [1.54, 1.807) is 12.1 Å². The van der Waals surface area contributed by atoms with Gasteiger partial charge in [-0.2, -0.15) is 0 Å². The molecule has 0 saturated heterocycles. The Morgan fingerprint density at radius 1 is 0.853 bits per heavy atom. The fourth-order valence-corrected chi connectivity index (χ4v) is 4.70. The lowest BCUT2D eigenvalue weighted by Gasteiger charge is -2.08. The van der Waals surface area contributed by atoms with E-state index in [0.717, 1.165) is 21.0 Å². The number of fused-ring (bicyclic) bond motifs is 1. The van der Waals surface area contributed by atoms with Gasteiger partial charge in [-0.1, -0.05) is 54.6 Å². The van der Waals surface area contributed by atoms with Crippen LogP contribution < -0.4 is 10.6 Å². The second kappa shape index (κ2) is 8.96. The largest absolute Gasteiger partial charge is 0.449 e. The molecule has 0 bridgehead atoms. The number of amides is 2. The van der Waals surface area contributed by atoms with Gasteiger partial charge in [-0.25, -0.2) is 4.98 Å². The van der Waals surface area contributed by atoms with Crippen LogP contribution in [0.1, 0.15) is 31.6 Å². The van der Waals surface area contributed by atoms with Crippen molar-refractivity contribution in [1.29, 1.82) is 0 Å². The van der Waals surface area contributed by atoms with Crippen molar-refractivity contribution in [2.75, 3.05) is 10.6 Å². The normalized spacial score (nSPS) is 10.9. The van der Waals surface area contributed by atoms with E-state index in [4.69, 9.17) is 4.42 Å². The maximum absolute atomic E-state index is 13.4. The summed E-state index contributed by atoms with van der Waals surface area (Å²) in [6, 6.07) is 24.3. The van der Waals surface area contributed by atoms with Crippen LogP contribution >= 0.6 is 11.3 Å². The molecule has 34 heavy (non-hydrogen) atoms. The van der Waals surface area contributed by atoms with Gasteiger partial charge < -0.3 is 15.1 Å². The molecule has 0 aliphatic heterocycles. The van der Waals surface area contributed by atoms with E-state index < -0.39 is 11.8 Å². The Hall–Kier alpha value is -4.23. The second-order valence-electron chi connectivity index (χ2n) is 7.86. The first-order chi connectivity index (χ1) is 16.5. The fraction of sp³-hybridized carbons (Fsp3) is 0.0741. The molecule has 3 aromatic carbocycles. The molecule has 5 rings (SSSR count). The number of para-hydroxylation sites is 1. The van der Waals surface area contributed by atoms with Crippen molar-refractivity contribution in [1.82, 2.24) is 4.98 Å². The van der Waals surface area contributed by atoms with Crippen molar-refractivity contribution in [3.8, 4) is 10.4 Å². The molecule has 5 aromatic rings.